The van der Waals surface area contributed by atoms with Gasteiger partial charge in [-0.25, -0.2) is 0 Å². The van der Waals surface area contributed by atoms with Gasteiger partial charge < -0.3 is 15.5 Å². The minimum absolute atomic E-state index is 0.0405. The summed E-state index contributed by atoms with van der Waals surface area (Å²) in [6.45, 7) is 4.35. The van der Waals surface area contributed by atoms with Gasteiger partial charge in [-0.05, 0) is 64.2 Å². The van der Waals surface area contributed by atoms with Gasteiger partial charge in [0.2, 0.25) is 5.91 Å². The van der Waals surface area contributed by atoms with Crippen LogP contribution in [0.3, 0.4) is 0 Å². The SMILES string of the molecule is CCCCCCCC/C=C/CCCCCCCCCCCCCC(=O)N[C@@H](CO)[C@H](O)CCCC/C=C/CCCCCCCCCCCC. The van der Waals surface area contributed by atoms with Crippen LogP contribution < -0.4 is 5.32 Å². The number of hydrogen-bond donors (Lipinski definition) is 3. The average Bonchev–Trinajstić information content (AvgIpc) is 3.10. The lowest BCUT2D eigenvalue weighted by Gasteiger charge is -2.22. The number of unbranched alkanes of at least 4 members (excludes halogenated alkanes) is 29. The lowest BCUT2D eigenvalue weighted by Crippen LogP contribution is -2.45. The zero-order valence-corrected chi connectivity index (χ0v) is 33.2. The largest absolute Gasteiger partial charge is 0.394 e. The number of carbonyl (C=O) groups is 1. The molecule has 0 heterocycles. The quantitative estimate of drug-likeness (QED) is 0.0443. The predicted octanol–water partition coefficient (Wildman–Crippen LogP) is 13.6. The number of nitrogens with one attached hydrogen (secondary N) is 1. The molecule has 0 fully saturated rings. The number of hydrogen-bond acceptors (Lipinski definition) is 3. The van der Waals surface area contributed by atoms with E-state index in [-0.39, 0.29) is 12.5 Å². The molecule has 0 aliphatic heterocycles. The molecule has 0 aromatic heterocycles. The molecule has 0 spiro atoms. The van der Waals surface area contributed by atoms with Crippen molar-refractivity contribution in [3.05, 3.63) is 24.3 Å². The van der Waals surface area contributed by atoms with E-state index >= 15 is 0 Å². The first-order valence-electron chi connectivity index (χ1n) is 22.0. The Morgan fingerprint density at radius 3 is 1.12 bits per heavy atom. The number of amides is 1. The van der Waals surface area contributed by atoms with Crippen LogP contribution in [0.4, 0.5) is 0 Å². The molecule has 0 radical (unpaired) electrons. The van der Waals surface area contributed by atoms with E-state index in [2.05, 4.69) is 43.5 Å². The normalized spacial score (nSPS) is 13.1. The fraction of sp³-hybridized carbons (Fsp3) is 0.889. The summed E-state index contributed by atoms with van der Waals surface area (Å²) in [5.74, 6) is -0.0405. The van der Waals surface area contributed by atoms with Crippen LogP contribution in [-0.2, 0) is 4.79 Å². The van der Waals surface area contributed by atoms with Crippen molar-refractivity contribution in [1.82, 2.24) is 5.32 Å². The number of aliphatic hydroxyl groups is 2. The minimum Gasteiger partial charge on any atom is -0.394 e. The number of aliphatic hydroxyl groups excluding tert-OH is 2. The van der Waals surface area contributed by atoms with Crippen molar-refractivity contribution in [2.75, 3.05) is 6.61 Å². The average molecular weight is 690 g/mol. The second-order valence-corrected chi connectivity index (χ2v) is 15.1. The summed E-state index contributed by atoms with van der Waals surface area (Å²) in [6.07, 6.45) is 52.5. The summed E-state index contributed by atoms with van der Waals surface area (Å²) in [7, 11) is 0. The highest BCUT2D eigenvalue weighted by molar-refractivity contribution is 5.76. The first kappa shape index (κ1) is 47.9. The Hall–Kier alpha value is -1.13. The first-order valence-corrected chi connectivity index (χ1v) is 22.0. The molecule has 290 valence electrons. The molecule has 0 aliphatic rings. The first-order chi connectivity index (χ1) is 24.2. The summed E-state index contributed by atoms with van der Waals surface area (Å²) in [4.78, 5) is 12.4. The molecule has 0 bridgehead atoms. The molecular weight excluding hydrogens is 602 g/mol. The highest BCUT2D eigenvalue weighted by Crippen LogP contribution is 2.15. The van der Waals surface area contributed by atoms with Crippen LogP contribution in [-0.4, -0.2) is 34.9 Å². The fourth-order valence-corrected chi connectivity index (χ4v) is 6.76. The second kappa shape index (κ2) is 41.3. The summed E-state index contributed by atoms with van der Waals surface area (Å²) in [6, 6.07) is -0.550. The van der Waals surface area contributed by atoms with E-state index in [0.717, 1.165) is 32.1 Å². The molecule has 0 unspecified atom stereocenters. The molecule has 0 aliphatic carbocycles. The third-order valence-corrected chi connectivity index (χ3v) is 10.2. The van der Waals surface area contributed by atoms with Crippen molar-refractivity contribution < 1.29 is 15.0 Å². The van der Waals surface area contributed by atoms with Gasteiger partial charge in [0, 0.05) is 6.42 Å². The minimum atomic E-state index is -0.680. The van der Waals surface area contributed by atoms with Gasteiger partial charge in [-0.3, -0.25) is 4.79 Å². The van der Waals surface area contributed by atoms with Gasteiger partial charge >= 0.3 is 0 Å². The molecule has 0 rings (SSSR count). The number of carbonyl (C=O) groups excluding carboxylic acids is 1. The molecule has 2 atom stereocenters. The molecule has 4 heteroatoms. The lowest BCUT2D eigenvalue weighted by atomic mass is 10.0. The fourth-order valence-electron chi connectivity index (χ4n) is 6.76. The Morgan fingerprint density at radius 1 is 0.469 bits per heavy atom. The van der Waals surface area contributed by atoms with Crippen molar-refractivity contribution >= 4 is 5.91 Å². The van der Waals surface area contributed by atoms with E-state index in [9.17, 15) is 15.0 Å². The van der Waals surface area contributed by atoms with Crippen LogP contribution in [0.5, 0.6) is 0 Å². The second-order valence-electron chi connectivity index (χ2n) is 15.1. The molecule has 0 aromatic rings. The number of allylic oxidation sites excluding steroid dienone is 4. The maximum atomic E-state index is 12.4. The van der Waals surface area contributed by atoms with Gasteiger partial charge in [0.1, 0.15) is 0 Å². The lowest BCUT2D eigenvalue weighted by molar-refractivity contribution is -0.123. The van der Waals surface area contributed by atoms with Gasteiger partial charge in [-0.1, -0.05) is 192 Å². The Kier molecular flexibility index (Phi) is 40.3. The van der Waals surface area contributed by atoms with Crippen LogP contribution in [0.25, 0.3) is 0 Å². The van der Waals surface area contributed by atoms with Crippen LogP contribution in [0.15, 0.2) is 24.3 Å². The van der Waals surface area contributed by atoms with Crippen LogP contribution in [0, 0.1) is 0 Å². The molecule has 1 amide bonds. The van der Waals surface area contributed by atoms with Crippen molar-refractivity contribution in [2.24, 2.45) is 0 Å². The van der Waals surface area contributed by atoms with E-state index in [4.69, 9.17) is 0 Å². The van der Waals surface area contributed by atoms with Crippen molar-refractivity contribution in [3.63, 3.8) is 0 Å². The maximum absolute atomic E-state index is 12.4. The third kappa shape index (κ3) is 37.9. The summed E-state index contributed by atoms with van der Waals surface area (Å²) in [5, 5.41) is 23.1. The molecule has 3 N–H and O–H groups in total. The van der Waals surface area contributed by atoms with Gasteiger partial charge in [-0.15, -0.1) is 0 Å². The van der Waals surface area contributed by atoms with E-state index in [1.807, 2.05) is 0 Å². The van der Waals surface area contributed by atoms with Crippen molar-refractivity contribution in [2.45, 2.75) is 251 Å². The highest BCUT2D eigenvalue weighted by Gasteiger charge is 2.19. The summed E-state index contributed by atoms with van der Waals surface area (Å²) in [5.41, 5.74) is 0. The Morgan fingerprint density at radius 2 is 0.776 bits per heavy atom. The molecule has 0 aromatic carbocycles. The van der Waals surface area contributed by atoms with Crippen LogP contribution >= 0.6 is 0 Å². The monoisotopic (exact) mass is 690 g/mol. The third-order valence-electron chi connectivity index (χ3n) is 10.2. The standard InChI is InChI=1S/C45H87NO3/c1-3-5-7-9-11-13-15-17-19-21-22-23-24-25-27-29-31-33-35-37-39-41-45(49)46-43(42-47)44(48)40-38-36-34-32-30-28-26-20-18-16-14-12-10-8-6-4-2/h17,19,30,32,43-44,47-48H,3-16,18,20-29,31,33-42H2,1-2H3,(H,46,49)/b19-17+,32-30+/t43-,44+/m0/s1. The van der Waals surface area contributed by atoms with Crippen molar-refractivity contribution in [3.8, 4) is 0 Å². The van der Waals surface area contributed by atoms with E-state index in [1.54, 1.807) is 0 Å². The Bertz CT molecular complexity index is 705. The topological polar surface area (TPSA) is 69.6 Å². The van der Waals surface area contributed by atoms with Gasteiger partial charge in [0.15, 0.2) is 0 Å². The van der Waals surface area contributed by atoms with Gasteiger partial charge in [-0.2, -0.15) is 0 Å². The number of rotatable bonds is 40. The Balaban J connectivity index is 3.53. The van der Waals surface area contributed by atoms with E-state index in [0.29, 0.717) is 12.8 Å². The van der Waals surface area contributed by atoms with Gasteiger partial charge in [0.05, 0.1) is 18.8 Å². The maximum Gasteiger partial charge on any atom is 0.220 e. The van der Waals surface area contributed by atoms with E-state index < -0.39 is 12.1 Å². The van der Waals surface area contributed by atoms with Crippen molar-refractivity contribution in [1.29, 1.82) is 0 Å². The Labute approximate surface area is 307 Å². The van der Waals surface area contributed by atoms with E-state index in [1.165, 1.54) is 180 Å². The molecule has 0 saturated carbocycles. The van der Waals surface area contributed by atoms with Crippen LogP contribution in [0.2, 0.25) is 0 Å². The van der Waals surface area contributed by atoms with Crippen LogP contribution in [0.1, 0.15) is 239 Å². The summed E-state index contributed by atoms with van der Waals surface area (Å²) >= 11 is 0. The van der Waals surface area contributed by atoms with Gasteiger partial charge in [0.25, 0.3) is 0 Å². The molecule has 4 nitrogen and oxygen atoms in total. The summed E-state index contributed by atoms with van der Waals surface area (Å²) < 4.78 is 0. The molecule has 0 saturated heterocycles. The molecule has 49 heavy (non-hydrogen) atoms. The highest BCUT2D eigenvalue weighted by atomic mass is 16.3. The molecular formula is C45H87NO3. The predicted molar refractivity (Wildman–Crippen MR) is 216 cm³/mol. The smallest absolute Gasteiger partial charge is 0.220 e. The zero-order chi connectivity index (χ0) is 35.7. The zero-order valence-electron chi connectivity index (χ0n) is 33.2.